The Labute approximate surface area is 104 Å². The predicted octanol–water partition coefficient (Wildman–Crippen LogP) is 1.07. The van der Waals surface area contributed by atoms with Gasteiger partial charge in [0.25, 0.3) is 0 Å². The van der Waals surface area contributed by atoms with Crippen molar-refractivity contribution in [1.82, 2.24) is 4.90 Å². The molecule has 0 bridgehead atoms. The van der Waals surface area contributed by atoms with E-state index in [1.807, 2.05) is 0 Å². The highest BCUT2D eigenvalue weighted by atomic mass is 16.5. The van der Waals surface area contributed by atoms with E-state index in [9.17, 15) is 9.90 Å². The fourth-order valence-electron chi connectivity index (χ4n) is 2.36. The number of rotatable bonds is 6. The summed E-state index contributed by atoms with van der Waals surface area (Å²) in [6.07, 6.45) is 2.67. The molecule has 1 heterocycles. The van der Waals surface area contributed by atoms with Crippen LogP contribution in [0.25, 0.3) is 0 Å². The summed E-state index contributed by atoms with van der Waals surface area (Å²) in [5, 5.41) is 9.85. The van der Waals surface area contributed by atoms with E-state index in [2.05, 4.69) is 11.8 Å². The molecule has 4 heteroatoms. The highest BCUT2D eigenvalue weighted by Gasteiger charge is 2.34. The summed E-state index contributed by atoms with van der Waals surface area (Å²) in [5.41, 5.74) is -0.995. The van der Waals surface area contributed by atoms with Crippen LogP contribution in [0.1, 0.15) is 33.6 Å². The number of carbonyl (C=O) groups is 1. The largest absolute Gasteiger partial charge is 0.389 e. The second kappa shape index (κ2) is 5.94. The molecule has 1 N–H and O–H groups in total. The predicted molar refractivity (Wildman–Crippen MR) is 67.0 cm³/mol. The Kier molecular flexibility index (Phi) is 5.10. The molecule has 0 spiro atoms. The third kappa shape index (κ3) is 4.74. The van der Waals surface area contributed by atoms with Crippen LogP contribution in [0, 0.1) is 5.41 Å². The summed E-state index contributed by atoms with van der Waals surface area (Å²) < 4.78 is 5.32. The summed E-state index contributed by atoms with van der Waals surface area (Å²) in [5.74, 6) is 0. The van der Waals surface area contributed by atoms with Gasteiger partial charge in [-0.3, -0.25) is 4.90 Å². The SMILES string of the molecule is CCN(CC(C)(C)O)CC1(C=O)CCOCC1. The van der Waals surface area contributed by atoms with Crippen LogP contribution in [0.4, 0.5) is 0 Å². The summed E-state index contributed by atoms with van der Waals surface area (Å²) in [4.78, 5) is 13.5. The Hall–Kier alpha value is -0.450. The van der Waals surface area contributed by atoms with E-state index in [0.29, 0.717) is 19.8 Å². The van der Waals surface area contributed by atoms with Crippen LogP contribution >= 0.6 is 0 Å². The maximum Gasteiger partial charge on any atom is 0.127 e. The van der Waals surface area contributed by atoms with Crippen molar-refractivity contribution in [3.05, 3.63) is 0 Å². The molecule has 1 aliphatic heterocycles. The summed E-state index contributed by atoms with van der Waals surface area (Å²) in [7, 11) is 0. The summed E-state index contributed by atoms with van der Waals surface area (Å²) in [6.45, 7) is 9.16. The van der Waals surface area contributed by atoms with Gasteiger partial charge in [-0.1, -0.05) is 6.92 Å². The van der Waals surface area contributed by atoms with Crippen molar-refractivity contribution >= 4 is 6.29 Å². The molecule has 0 aromatic carbocycles. The number of aldehydes is 1. The third-order valence-electron chi connectivity index (χ3n) is 3.33. The van der Waals surface area contributed by atoms with Gasteiger partial charge in [-0.2, -0.15) is 0 Å². The summed E-state index contributed by atoms with van der Waals surface area (Å²) >= 11 is 0. The Morgan fingerprint density at radius 1 is 1.41 bits per heavy atom. The second-order valence-electron chi connectivity index (χ2n) is 5.71. The van der Waals surface area contributed by atoms with E-state index < -0.39 is 5.60 Å². The van der Waals surface area contributed by atoms with Crippen LogP contribution in [0.2, 0.25) is 0 Å². The molecule has 0 aromatic rings. The minimum Gasteiger partial charge on any atom is -0.389 e. The molecule has 4 nitrogen and oxygen atoms in total. The number of hydrogen-bond acceptors (Lipinski definition) is 4. The molecule has 0 atom stereocenters. The van der Waals surface area contributed by atoms with E-state index in [1.54, 1.807) is 13.8 Å². The van der Waals surface area contributed by atoms with Crippen LogP contribution in [0.3, 0.4) is 0 Å². The topological polar surface area (TPSA) is 49.8 Å². The average Bonchev–Trinajstić information content (AvgIpc) is 2.27. The van der Waals surface area contributed by atoms with Gasteiger partial charge in [-0.05, 0) is 33.2 Å². The quantitative estimate of drug-likeness (QED) is 0.709. The number of nitrogens with zero attached hydrogens (tertiary/aromatic N) is 1. The standard InChI is InChI=1S/C13H25NO3/c1-4-14(9-12(2,3)16)10-13(11-15)5-7-17-8-6-13/h11,16H,4-10H2,1-3H3. The average molecular weight is 243 g/mol. The highest BCUT2D eigenvalue weighted by molar-refractivity contribution is 5.60. The van der Waals surface area contributed by atoms with Crippen molar-refractivity contribution in [2.75, 3.05) is 32.8 Å². The molecule has 1 saturated heterocycles. The van der Waals surface area contributed by atoms with Crippen molar-refractivity contribution in [2.45, 2.75) is 39.2 Å². The van der Waals surface area contributed by atoms with Crippen LogP contribution in [-0.2, 0) is 9.53 Å². The van der Waals surface area contributed by atoms with Crippen LogP contribution < -0.4 is 0 Å². The molecule has 0 amide bonds. The zero-order chi connectivity index (χ0) is 12.9. The van der Waals surface area contributed by atoms with Crippen molar-refractivity contribution < 1.29 is 14.6 Å². The van der Waals surface area contributed by atoms with Gasteiger partial charge in [-0.15, -0.1) is 0 Å². The van der Waals surface area contributed by atoms with E-state index >= 15 is 0 Å². The molecular weight excluding hydrogens is 218 g/mol. The lowest BCUT2D eigenvalue weighted by Gasteiger charge is -2.38. The molecule has 0 unspecified atom stereocenters. The Morgan fingerprint density at radius 3 is 2.41 bits per heavy atom. The first-order valence-corrected chi connectivity index (χ1v) is 6.40. The van der Waals surface area contributed by atoms with Crippen molar-refractivity contribution in [3.8, 4) is 0 Å². The lowest BCUT2D eigenvalue weighted by Crippen LogP contribution is -2.47. The van der Waals surface area contributed by atoms with E-state index in [1.165, 1.54) is 0 Å². The molecule has 100 valence electrons. The Balaban J connectivity index is 2.61. The molecule has 0 saturated carbocycles. The van der Waals surface area contributed by atoms with Gasteiger partial charge in [0.05, 0.1) is 5.60 Å². The highest BCUT2D eigenvalue weighted by Crippen LogP contribution is 2.29. The first-order chi connectivity index (χ1) is 7.91. The first-order valence-electron chi connectivity index (χ1n) is 6.40. The number of likely N-dealkylation sites (N-methyl/N-ethyl adjacent to an activating group) is 1. The first kappa shape index (κ1) is 14.6. The minimum absolute atomic E-state index is 0.278. The van der Waals surface area contributed by atoms with Gasteiger partial charge in [-0.25, -0.2) is 0 Å². The van der Waals surface area contributed by atoms with Gasteiger partial charge < -0.3 is 14.6 Å². The van der Waals surface area contributed by atoms with Gasteiger partial charge in [0.15, 0.2) is 0 Å². The molecule has 1 rings (SSSR count). The molecule has 17 heavy (non-hydrogen) atoms. The van der Waals surface area contributed by atoms with Gasteiger partial charge >= 0.3 is 0 Å². The number of hydrogen-bond donors (Lipinski definition) is 1. The third-order valence-corrected chi connectivity index (χ3v) is 3.33. The Bertz CT molecular complexity index is 242. The Morgan fingerprint density at radius 2 is 2.00 bits per heavy atom. The normalized spacial score (nSPS) is 20.5. The number of carbonyl (C=O) groups excluding carboxylic acids is 1. The monoisotopic (exact) mass is 243 g/mol. The number of aliphatic hydroxyl groups is 1. The minimum atomic E-state index is -0.717. The second-order valence-corrected chi connectivity index (χ2v) is 5.71. The van der Waals surface area contributed by atoms with E-state index in [0.717, 1.165) is 32.2 Å². The molecule has 1 aliphatic rings. The maximum atomic E-state index is 11.4. The van der Waals surface area contributed by atoms with Crippen molar-refractivity contribution in [2.24, 2.45) is 5.41 Å². The van der Waals surface area contributed by atoms with Crippen LogP contribution in [0.15, 0.2) is 0 Å². The van der Waals surface area contributed by atoms with E-state index in [4.69, 9.17) is 4.74 Å². The zero-order valence-electron chi connectivity index (χ0n) is 11.2. The fourth-order valence-corrected chi connectivity index (χ4v) is 2.36. The fraction of sp³-hybridized carbons (Fsp3) is 0.923. The molecular formula is C13H25NO3. The van der Waals surface area contributed by atoms with Crippen LogP contribution in [-0.4, -0.2) is 54.7 Å². The molecule has 0 aromatic heterocycles. The number of ether oxygens (including phenoxy) is 1. The maximum absolute atomic E-state index is 11.4. The molecule has 0 aliphatic carbocycles. The zero-order valence-corrected chi connectivity index (χ0v) is 11.2. The van der Waals surface area contributed by atoms with Crippen molar-refractivity contribution in [1.29, 1.82) is 0 Å². The van der Waals surface area contributed by atoms with Crippen molar-refractivity contribution in [3.63, 3.8) is 0 Å². The molecule has 0 radical (unpaired) electrons. The molecule has 1 fully saturated rings. The van der Waals surface area contributed by atoms with Gasteiger partial charge in [0, 0.05) is 31.7 Å². The van der Waals surface area contributed by atoms with Gasteiger partial charge in [0.1, 0.15) is 6.29 Å². The lowest BCUT2D eigenvalue weighted by molar-refractivity contribution is -0.123. The lowest BCUT2D eigenvalue weighted by atomic mass is 9.81. The smallest absolute Gasteiger partial charge is 0.127 e. The van der Waals surface area contributed by atoms with Crippen LogP contribution in [0.5, 0.6) is 0 Å². The summed E-state index contributed by atoms with van der Waals surface area (Å²) in [6, 6.07) is 0. The van der Waals surface area contributed by atoms with E-state index in [-0.39, 0.29) is 5.41 Å². The van der Waals surface area contributed by atoms with Gasteiger partial charge in [0.2, 0.25) is 0 Å².